The van der Waals surface area contributed by atoms with Crippen LogP contribution in [0.1, 0.15) is 29.5 Å². The van der Waals surface area contributed by atoms with Gasteiger partial charge in [-0.1, -0.05) is 6.07 Å². The predicted octanol–water partition coefficient (Wildman–Crippen LogP) is 2.78. The minimum absolute atomic E-state index is 0.125. The summed E-state index contributed by atoms with van der Waals surface area (Å²) in [6, 6.07) is 3.52. The van der Waals surface area contributed by atoms with Crippen molar-refractivity contribution in [1.82, 2.24) is 0 Å². The lowest BCUT2D eigenvalue weighted by molar-refractivity contribution is -0.0437. The third kappa shape index (κ3) is 1.99. The zero-order valence-corrected chi connectivity index (χ0v) is 11.5. The Bertz CT molecular complexity index is 652. The fourth-order valence-electron chi connectivity index (χ4n) is 2.97. The van der Waals surface area contributed by atoms with E-state index in [9.17, 15) is 21.6 Å². The van der Waals surface area contributed by atoms with Gasteiger partial charge in [-0.2, -0.15) is 21.6 Å². The van der Waals surface area contributed by atoms with E-state index in [0.717, 1.165) is 36.8 Å². The van der Waals surface area contributed by atoms with Crippen LogP contribution < -0.4 is 4.31 Å². The van der Waals surface area contributed by atoms with Crippen LogP contribution in [0.15, 0.2) is 12.1 Å². The van der Waals surface area contributed by atoms with Crippen LogP contribution in [-0.2, 0) is 29.3 Å². The second-order valence-electron chi connectivity index (χ2n) is 5.23. The first-order valence-corrected chi connectivity index (χ1v) is 7.98. The maximum atomic E-state index is 12.7. The fraction of sp³-hybridized carbons (Fsp3) is 0.538. The lowest BCUT2D eigenvalue weighted by Gasteiger charge is -2.23. The SMILES string of the molecule is O=S(=O)(N1CCc2cc3c(cc21)CCCC3)C(F)(F)F. The highest BCUT2D eigenvalue weighted by molar-refractivity contribution is 7.93. The number of halogens is 3. The molecular formula is C13H14F3NO2S. The minimum Gasteiger partial charge on any atom is -0.262 e. The lowest BCUT2D eigenvalue weighted by atomic mass is 9.90. The molecule has 1 heterocycles. The van der Waals surface area contributed by atoms with Gasteiger partial charge in [0.05, 0.1) is 5.69 Å². The topological polar surface area (TPSA) is 37.4 Å². The molecule has 0 bridgehead atoms. The number of fused-ring (bicyclic) bond motifs is 2. The lowest BCUT2D eigenvalue weighted by Crippen LogP contribution is -2.39. The van der Waals surface area contributed by atoms with E-state index in [-0.39, 0.29) is 12.2 Å². The third-order valence-electron chi connectivity index (χ3n) is 3.98. The highest BCUT2D eigenvalue weighted by Gasteiger charge is 2.51. The summed E-state index contributed by atoms with van der Waals surface area (Å²) in [4.78, 5) is 0. The van der Waals surface area contributed by atoms with Crippen LogP contribution in [0.25, 0.3) is 0 Å². The number of aryl methyl sites for hydroxylation is 2. The normalized spacial score (nSPS) is 18.9. The third-order valence-corrected chi connectivity index (χ3v) is 5.52. The summed E-state index contributed by atoms with van der Waals surface area (Å²) in [5.41, 5.74) is -2.19. The Kier molecular flexibility index (Phi) is 3.00. The van der Waals surface area contributed by atoms with Crippen molar-refractivity contribution >= 4 is 15.7 Å². The van der Waals surface area contributed by atoms with E-state index in [0.29, 0.717) is 16.3 Å². The zero-order chi connectivity index (χ0) is 14.5. The van der Waals surface area contributed by atoms with Crippen LogP contribution in [0, 0.1) is 0 Å². The van der Waals surface area contributed by atoms with E-state index in [1.165, 1.54) is 0 Å². The molecule has 1 aliphatic carbocycles. The number of hydrogen-bond donors (Lipinski definition) is 0. The maximum absolute atomic E-state index is 12.7. The molecule has 3 rings (SSSR count). The van der Waals surface area contributed by atoms with Crippen molar-refractivity contribution in [3.63, 3.8) is 0 Å². The largest absolute Gasteiger partial charge is 0.516 e. The van der Waals surface area contributed by atoms with Crippen molar-refractivity contribution < 1.29 is 21.6 Å². The van der Waals surface area contributed by atoms with Crippen LogP contribution >= 0.6 is 0 Å². The number of rotatable bonds is 1. The molecule has 110 valence electrons. The number of nitrogens with zero attached hydrogens (tertiary/aromatic N) is 1. The monoisotopic (exact) mass is 305 g/mol. The van der Waals surface area contributed by atoms with Crippen LogP contribution in [0.5, 0.6) is 0 Å². The maximum Gasteiger partial charge on any atom is 0.516 e. The summed E-state index contributed by atoms with van der Waals surface area (Å²) in [5.74, 6) is 0. The molecule has 20 heavy (non-hydrogen) atoms. The molecule has 0 N–H and O–H groups in total. The van der Waals surface area contributed by atoms with Crippen LogP contribution in [0.2, 0.25) is 0 Å². The smallest absolute Gasteiger partial charge is 0.262 e. The van der Waals surface area contributed by atoms with Crippen molar-refractivity contribution in [3.8, 4) is 0 Å². The van der Waals surface area contributed by atoms with Gasteiger partial charge in [0.1, 0.15) is 0 Å². The fourth-order valence-corrected chi connectivity index (χ4v) is 3.98. The van der Waals surface area contributed by atoms with Gasteiger partial charge in [-0.15, -0.1) is 0 Å². The van der Waals surface area contributed by atoms with Gasteiger partial charge in [0.2, 0.25) is 0 Å². The molecule has 0 unspecified atom stereocenters. The summed E-state index contributed by atoms with van der Waals surface area (Å²) in [6.07, 6.45) is 4.16. The molecule has 7 heteroatoms. The molecule has 0 spiro atoms. The molecule has 0 amide bonds. The first kappa shape index (κ1) is 13.7. The Balaban J connectivity index is 2.07. The minimum atomic E-state index is -5.28. The standard InChI is InChI=1S/C13H14F3NO2S/c14-13(15,16)20(18,19)17-6-5-11-7-9-3-1-2-4-10(9)8-12(11)17/h7-8H,1-6H2. The Hall–Kier alpha value is -1.24. The van der Waals surface area contributed by atoms with Gasteiger partial charge in [0.15, 0.2) is 0 Å². The highest BCUT2D eigenvalue weighted by atomic mass is 32.2. The Morgan fingerprint density at radius 2 is 1.55 bits per heavy atom. The summed E-state index contributed by atoms with van der Waals surface area (Å²) in [7, 11) is -5.28. The summed E-state index contributed by atoms with van der Waals surface area (Å²) in [5, 5.41) is 0. The van der Waals surface area contributed by atoms with Crippen LogP contribution in [-0.4, -0.2) is 20.5 Å². The summed E-state index contributed by atoms with van der Waals surface area (Å²) in [6.45, 7) is -0.125. The van der Waals surface area contributed by atoms with Crippen LogP contribution in [0.4, 0.5) is 18.9 Å². The molecule has 2 aliphatic rings. The molecule has 0 saturated heterocycles. The van der Waals surface area contributed by atoms with Gasteiger partial charge in [-0.05, 0) is 54.9 Å². The average Bonchev–Trinajstić information content (AvgIpc) is 2.77. The first-order chi connectivity index (χ1) is 9.30. The molecular weight excluding hydrogens is 291 g/mol. The molecule has 0 radical (unpaired) electrons. The van der Waals surface area contributed by atoms with E-state index in [1.807, 2.05) is 6.07 Å². The zero-order valence-electron chi connectivity index (χ0n) is 10.7. The van der Waals surface area contributed by atoms with E-state index in [2.05, 4.69) is 0 Å². The Morgan fingerprint density at radius 1 is 0.950 bits per heavy atom. The Morgan fingerprint density at radius 3 is 2.15 bits per heavy atom. The van der Waals surface area contributed by atoms with Crippen molar-refractivity contribution in [2.45, 2.75) is 37.6 Å². The van der Waals surface area contributed by atoms with Crippen LogP contribution in [0.3, 0.4) is 0 Å². The van der Waals surface area contributed by atoms with E-state index < -0.39 is 15.5 Å². The molecule has 0 saturated carbocycles. The predicted molar refractivity (Wildman–Crippen MR) is 69.1 cm³/mol. The van der Waals surface area contributed by atoms with E-state index in [4.69, 9.17) is 0 Å². The van der Waals surface area contributed by atoms with Gasteiger partial charge in [-0.3, -0.25) is 4.31 Å². The van der Waals surface area contributed by atoms with Gasteiger partial charge >= 0.3 is 15.5 Å². The molecule has 3 nitrogen and oxygen atoms in total. The van der Waals surface area contributed by atoms with Crippen molar-refractivity contribution in [2.24, 2.45) is 0 Å². The molecule has 1 aromatic rings. The second-order valence-corrected chi connectivity index (χ2v) is 7.08. The summed E-state index contributed by atoms with van der Waals surface area (Å²) >= 11 is 0. The van der Waals surface area contributed by atoms with E-state index in [1.54, 1.807) is 6.07 Å². The highest BCUT2D eigenvalue weighted by Crippen LogP contribution is 2.39. The average molecular weight is 305 g/mol. The van der Waals surface area contributed by atoms with Gasteiger partial charge in [0, 0.05) is 6.54 Å². The molecule has 0 fully saturated rings. The molecule has 1 aliphatic heterocycles. The van der Waals surface area contributed by atoms with E-state index >= 15 is 0 Å². The number of hydrogen-bond acceptors (Lipinski definition) is 2. The van der Waals surface area contributed by atoms with Crippen molar-refractivity contribution in [3.05, 3.63) is 28.8 Å². The van der Waals surface area contributed by atoms with Gasteiger partial charge in [0.25, 0.3) is 0 Å². The quantitative estimate of drug-likeness (QED) is 0.800. The number of alkyl halides is 3. The summed E-state index contributed by atoms with van der Waals surface area (Å²) < 4.78 is 61.7. The second kappa shape index (κ2) is 4.38. The number of benzene rings is 1. The number of sulfonamides is 1. The molecule has 0 aromatic heterocycles. The Labute approximate surface area is 115 Å². The van der Waals surface area contributed by atoms with Gasteiger partial charge < -0.3 is 0 Å². The molecule has 0 atom stereocenters. The van der Waals surface area contributed by atoms with Gasteiger partial charge in [-0.25, -0.2) is 0 Å². The number of anilines is 1. The van der Waals surface area contributed by atoms with Crippen molar-refractivity contribution in [1.29, 1.82) is 0 Å². The molecule has 1 aromatic carbocycles. The first-order valence-electron chi connectivity index (χ1n) is 6.54. The van der Waals surface area contributed by atoms with Crippen molar-refractivity contribution in [2.75, 3.05) is 10.8 Å².